The minimum atomic E-state index is -0.280. The summed E-state index contributed by atoms with van der Waals surface area (Å²) in [5.41, 5.74) is 8.42. The van der Waals surface area contributed by atoms with Gasteiger partial charge in [-0.2, -0.15) is 0 Å². The van der Waals surface area contributed by atoms with Gasteiger partial charge in [-0.3, -0.25) is 15.0 Å². The maximum atomic E-state index is 12.4. The SMILES string of the molecule is CC(=O)NCCNC(=O)c1ccc(N)c(C(=N)c2ccc3ccccc3c2)c1. The fraction of sp³-hybridized carbons (Fsp3) is 0.136. The van der Waals surface area contributed by atoms with E-state index in [1.54, 1.807) is 18.2 Å². The number of benzene rings is 3. The minimum Gasteiger partial charge on any atom is -0.398 e. The molecule has 6 heteroatoms. The van der Waals surface area contributed by atoms with Gasteiger partial charge in [0.2, 0.25) is 5.91 Å². The van der Waals surface area contributed by atoms with E-state index >= 15 is 0 Å². The number of hydrogen-bond acceptors (Lipinski definition) is 4. The summed E-state index contributed by atoms with van der Waals surface area (Å²) in [5.74, 6) is -0.425. The van der Waals surface area contributed by atoms with E-state index in [1.165, 1.54) is 6.92 Å². The second-order valence-electron chi connectivity index (χ2n) is 6.48. The van der Waals surface area contributed by atoms with Crippen LogP contribution >= 0.6 is 0 Å². The summed E-state index contributed by atoms with van der Waals surface area (Å²) in [7, 11) is 0. The molecule has 0 saturated heterocycles. The molecule has 3 aromatic carbocycles. The van der Waals surface area contributed by atoms with Crippen molar-refractivity contribution in [2.24, 2.45) is 0 Å². The van der Waals surface area contributed by atoms with Crippen molar-refractivity contribution in [1.29, 1.82) is 5.41 Å². The van der Waals surface area contributed by atoms with Crippen molar-refractivity contribution in [1.82, 2.24) is 10.6 Å². The number of rotatable bonds is 6. The number of carbonyl (C=O) groups excluding carboxylic acids is 2. The molecule has 0 unspecified atom stereocenters. The molecule has 0 radical (unpaired) electrons. The Bertz CT molecular complexity index is 1060. The van der Waals surface area contributed by atoms with Crippen LogP contribution in [0.25, 0.3) is 10.8 Å². The largest absolute Gasteiger partial charge is 0.398 e. The molecule has 3 rings (SSSR count). The molecule has 0 aliphatic carbocycles. The summed E-state index contributed by atoms with van der Waals surface area (Å²) in [6.45, 7) is 2.10. The Morgan fingerprint density at radius 1 is 0.893 bits per heavy atom. The highest BCUT2D eigenvalue weighted by Gasteiger charge is 2.13. The Hall–Kier alpha value is -3.67. The third kappa shape index (κ3) is 4.35. The van der Waals surface area contributed by atoms with Gasteiger partial charge in [-0.1, -0.05) is 36.4 Å². The summed E-state index contributed by atoms with van der Waals surface area (Å²) >= 11 is 0. The van der Waals surface area contributed by atoms with E-state index in [2.05, 4.69) is 10.6 Å². The second-order valence-corrected chi connectivity index (χ2v) is 6.48. The summed E-state index contributed by atoms with van der Waals surface area (Å²) in [4.78, 5) is 23.2. The maximum Gasteiger partial charge on any atom is 0.251 e. The number of fused-ring (bicyclic) bond motifs is 1. The lowest BCUT2D eigenvalue weighted by molar-refractivity contribution is -0.118. The average molecular weight is 374 g/mol. The normalized spacial score (nSPS) is 10.5. The number of nitrogens with two attached hydrogens (primary N) is 1. The first kappa shape index (κ1) is 19.1. The Morgan fingerprint density at radius 2 is 1.57 bits per heavy atom. The zero-order valence-electron chi connectivity index (χ0n) is 15.6. The Balaban J connectivity index is 1.80. The third-order valence-electron chi connectivity index (χ3n) is 4.41. The van der Waals surface area contributed by atoms with Crippen LogP contribution in [0.5, 0.6) is 0 Å². The van der Waals surface area contributed by atoms with E-state index in [0.29, 0.717) is 29.9 Å². The van der Waals surface area contributed by atoms with Crippen LogP contribution in [0.1, 0.15) is 28.4 Å². The predicted molar refractivity (Wildman–Crippen MR) is 112 cm³/mol. The van der Waals surface area contributed by atoms with Crippen molar-refractivity contribution in [3.63, 3.8) is 0 Å². The molecule has 0 aliphatic heterocycles. The molecular weight excluding hydrogens is 352 g/mol. The van der Waals surface area contributed by atoms with Crippen molar-refractivity contribution >= 4 is 34.0 Å². The van der Waals surface area contributed by atoms with E-state index in [1.807, 2.05) is 42.5 Å². The van der Waals surface area contributed by atoms with Crippen LogP contribution in [0.4, 0.5) is 5.69 Å². The van der Waals surface area contributed by atoms with Gasteiger partial charge in [-0.05, 0) is 35.0 Å². The summed E-state index contributed by atoms with van der Waals surface area (Å²) in [5, 5.41) is 16.1. The van der Waals surface area contributed by atoms with Gasteiger partial charge in [-0.15, -0.1) is 0 Å². The molecule has 0 fully saturated rings. The van der Waals surface area contributed by atoms with E-state index in [9.17, 15) is 9.59 Å². The van der Waals surface area contributed by atoms with Crippen LogP contribution in [0.2, 0.25) is 0 Å². The fourth-order valence-electron chi connectivity index (χ4n) is 2.93. The number of anilines is 1. The summed E-state index contributed by atoms with van der Waals surface area (Å²) in [6, 6.07) is 18.6. The molecule has 0 bridgehead atoms. The van der Waals surface area contributed by atoms with Gasteiger partial charge in [-0.25, -0.2) is 0 Å². The molecule has 0 saturated carbocycles. The van der Waals surface area contributed by atoms with Gasteiger partial charge in [0.15, 0.2) is 0 Å². The van der Waals surface area contributed by atoms with Gasteiger partial charge >= 0.3 is 0 Å². The lowest BCUT2D eigenvalue weighted by Gasteiger charge is -2.12. The fourth-order valence-corrected chi connectivity index (χ4v) is 2.93. The molecule has 5 N–H and O–H groups in total. The molecule has 0 aromatic heterocycles. The first-order valence-electron chi connectivity index (χ1n) is 8.96. The van der Waals surface area contributed by atoms with Crippen molar-refractivity contribution in [3.8, 4) is 0 Å². The van der Waals surface area contributed by atoms with Crippen molar-refractivity contribution < 1.29 is 9.59 Å². The Labute approximate surface area is 163 Å². The first-order chi connectivity index (χ1) is 13.5. The molecule has 0 spiro atoms. The van der Waals surface area contributed by atoms with Gasteiger partial charge in [0.1, 0.15) is 0 Å². The van der Waals surface area contributed by atoms with E-state index in [0.717, 1.165) is 16.3 Å². The van der Waals surface area contributed by atoms with Gasteiger partial charge in [0.05, 0.1) is 5.71 Å². The molecule has 142 valence electrons. The van der Waals surface area contributed by atoms with Crippen LogP contribution in [-0.4, -0.2) is 30.6 Å². The number of nitrogen functional groups attached to an aromatic ring is 1. The van der Waals surface area contributed by atoms with Crippen molar-refractivity contribution in [2.45, 2.75) is 6.92 Å². The summed E-state index contributed by atoms with van der Waals surface area (Å²) < 4.78 is 0. The lowest BCUT2D eigenvalue weighted by atomic mass is 9.96. The molecule has 28 heavy (non-hydrogen) atoms. The Kier molecular flexibility index (Phi) is 5.69. The highest BCUT2D eigenvalue weighted by Crippen LogP contribution is 2.22. The van der Waals surface area contributed by atoms with Gasteiger partial charge < -0.3 is 16.4 Å². The zero-order chi connectivity index (χ0) is 20.1. The molecule has 0 heterocycles. The topological polar surface area (TPSA) is 108 Å². The highest BCUT2D eigenvalue weighted by atomic mass is 16.2. The maximum absolute atomic E-state index is 12.4. The van der Waals surface area contributed by atoms with Crippen LogP contribution in [0.15, 0.2) is 60.7 Å². The van der Waals surface area contributed by atoms with Crippen LogP contribution in [-0.2, 0) is 4.79 Å². The molecule has 2 amide bonds. The molecule has 0 aliphatic rings. The van der Waals surface area contributed by atoms with Gasteiger partial charge in [0.25, 0.3) is 5.91 Å². The highest BCUT2D eigenvalue weighted by molar-refractivity contribution is 6.16. The third-order valence-corrected chi connectivity index (χ3v) is 4.41. The van der Waals surface area contributed by atoms with Gasteiger partial charge in [0, 0.05) is 42.4 Å². The van der Waals surface area contributed by atoms with Crippen LogP contribution in [0, 0.1) is 5.41 Å². The molecule has 6 nitrogen and oxygen atoms in total. The number of hydrogen-bond donors (Lipinski definition) is 4. The number of amides is 2. The van der Waals surface area contributed by atoms with E-state index < -0.39 is 0 Å². The summed E-state index contributed by atoms with van der Waals surface area (Å²) in [6.07, 6.45) is 0. The van der Waals surface area contributed by atoms with Crippen LogP contribution < -0.4 is 16.4 Å². The lowest BCUT2D eigenvalue weighted by Crippen LogP contribution is -2.33. The predicted octanol–water partition coefficient (Wildman–Crippen LogP) is 2.70. The molecular formula is C22H22N4O2. The first-order valence-corrected chi connectivity index (χ1v) is 8.96. The number of carbonyl (C=O) groups is 2. The van der Waals surface area contributed by atoms with E-state index in [4.69, 9.17) is 11.1 Å². The monoisotopic (exact) mass is 374 g/mol. The minimum absolute atomic E-state index is 0.146. The molecule has 0 atom stereocenters. The standard InChI is InChI=1S/C22H22N4O2/c1-14(27)25-10-11-26-22(28)18-8-9-20(23)19(13-18)21(24)17-7-6-15-4-2-3-5-16(15)12-17/h2-9,12-13,24H,10-11,23H2,1H3,(H,25,27)(H,26,28). The van der Waals surface area contributed by atoms with E-state index in [-0.39, 0.29) is 17.5 Å². The quantitative estimate of drug-likeness (QED) is 0.303. The van der Waals surface area contributed by atoms with Crippen molar-refractivity contribution in [2.75, 3.05) is 18.8 Å². The van der Waals surface area contributed by atoms with Crippen LogP contribution in [0.3, 0.4) is 0 Å². The smallest absolute Gasteiger partial charge is 0.251 e. The number of nitrogens with one attached hydrogen (secondary N) is 3. The second kappa shape index (κ2) is 8.35. The Morgan fingerprint density at radius 3 is 2.32 bits per heavy atom. The van der Waals surface area contributed by atoms with Crippen molar-refractivity contribution in [3.05, 3.63) is 77.4 Å². The molecule has 3 aromatic rings. The zero-order valence-corrected chi connectivity index (χ0v) is 15.6. The average Bonchev–Trinajstić information content (AvgIpc) is 2.70.